The molecule has 7 nitrogen and oxygen atoms in total. The third-order valence-corrected chi connectivity index (χ3v) is 5.92. The van der Waals surface area contributed by atoms with Gasteiger partial charge in [-0.2, -0.15) is 0 Å². The predicted molar refractivity (Wildman–Crippen MR) is 121 cm³/mol. The van der Waals surface area contributed by atoms with E-state index in [-0.39, 0.29) is 25.3 Å². The van der Waals surface area contributed by atoms with Crippen LogP contribution in [0.4, 0.5) is 0 Å². The number of aromatic hydroxyl groups is 1. The molecule has 0 unspecified atom stereocenters. The Morgan fingerprint density at radius 2 is 2.00 bits per heavy atom. The maximum Gasteiger partial charge on any atom is 0.310 e. The van der Waals surface area contributed by atoms with Crippen LogP contribution in [0.3, 0.4) is 0 Å². The monoisotopic (exact) mass is 499 g/mol. The maximum absolute atomic E-state index is 12.2. The summed E-state index contributed by atoms with van der Waals surface area (Å²) in [5.74, 6) is -0.867. The molecule has 0 aliphatic carbocycles. The van der Waals surface area contributed by atoms with Gasteiger partial charge >= 0.3 is 5.97 Å². The number of nitrogens with zero attached hydrogens (tertiary/aromatic N) is 2. The van der Waals surface area contributed by atoms with E-state index in [1.54, 1.807) is 18.3 Å². The highest BCUT2D eigenvalue weighted by Crippen LogP contribution is 2.28. The molecule has 2 aromatic heterocycles. The van der Waals surface area contributed by atoms with Crippen molar-refractivity contribution in [2.24, 2.45) is 0 Å². The number of carbonyl (C=O) groups is 2. The topological polar surface area (TPSA) is 92.9 Å². The first-order valence-electron chi connectivity index (χ1n) is 9.39. The number of halogens is 1. The van der Waals surface area contributed by atoms with Crippen molar-refractivity contribution >= 4 is 44.1 Å². The minimum atomic E-state index is -0.539. The van der Waals surface area contributed by atoms with Crippen LogP contribution in [0.25, 0.3) is 16.2 Å². The molecule has 31 heavy (non-hydrogen) atoms. The van der Waals surface area contributed by atoms with Gasteiger partial charge in [0, 0.05) is 9.85 Å². The lowest BCUT2D eigenvalue weighted by atomic mass is 10.1. The Bertz CT molecular complexity index is 1230. The van der Waals surface area contributed by atoms with Gasteiger partial charge in [-0.1, -0.05) is 40.2 Å². The zero-order valence-corrected chi connectivity index (χ0v) is 18.6. The number of amides is 1. The van der Waals surface area contributed by atoms with Crippen LogP contribution in [-0.4, -0.2) is 33.0 Å². The molecule has 9 heteroatoms. The van der Waals surface area contributed by atoms with Crippen LogP contribution in [0.15, 0.2) is 64.6 Å². The fourth-order valence-corrected chi connectivity index (χ4v) is 4.24. The minimum Gasteiger partial charge on any atom is -0.508 e. The number of imidazole rings is 1. The van der Waals surface area contributed by atoms with Gasteiger partial charge < -0.3 is 15.2 Å². The van der Waals surface area contributed by atoms with Gasteiger partial charge in [0.2, 0.25) is 0 Å². The number of aromatic nitrogens is 2. The van der Waals surface area contributed by atoms with Gasteiger partial charge in [-0.3, -0.25) is 14.0 Å². The Balaban J connectivity index is 1.35. The summed E-state index contributed by atoms with van der Waals surface area (Å²) in [4.78, 5) is 29.3. The molecule has 2 aromatic carbocycles. The van der Waals surface area contributed by atoms with E-state index in [1.807, 2.05) is 34.0 Å². The third kappa shape index (κ3) is 5.12. The lowest BCUT2D eigenvalue weighted by molar-refractivity contribution is -0.147. The van der Waals surface area contributed by atoms with E-state index in [0.717, 1.165) is 26.4 Å². The molecule has 0 aliphatic heterocycles. The van der Waals surface area contributed by atoms with E-state index < -0.39 is 11.9 Å². The molecule has 158 valence electrons. The molecule has 0 atom stereocenters. The number of hydrogen-bond donors (Lipinski definition) is 2. The Labute approximate surface area is 190 Å². The van der Waals surface area contributed by atoms with E-state index >= 15 is 0 Å². The smallest absolute Gasteiger partial charge is 0.310 e. The first kappa shape index (κ1) is 21.1. The number of esters is 1. The van der Waals surface area contributed by atoms with Gasteiger partial charge in [0.25, 0.3) is 5.91 Å². The summed E-state index contributed by atoms with van der Waals surface area (Å²) in [6, 6.07) is 14.3. The summed E-state index contributed by atoms with van der Waals surface area (Å²) >= 11 is 4.97. The predicted octanol–water partition coefficient (Wildman–Crippen LogP) is 3.93. The summed E-state index contributed by atoms with van der Waals surface area (Å²) in [5, 5.41) is 14.2. The van der Waals surface area contributed by atoms with Crippen molar-refractivity contribution in [2.45, 2.75) is 13.0 Å². The fourth-order valence-electron chi connectivity index (χ4n) is 3.08. The molecule has 0 saturated heterocycles. The molecule has 0 aliphatic rings. The number of carbonyl (C=O) groups excluding carboxylic acids is 2. The van der Waals surface area contributed by atoms with Gasteiger partial charge in [-0.25, -0.2) is 4.98 Å². The van der Waals surface area contributed by atoms with Gasteiger partial charge in [0.15, 0.2) is 11.6 Å². The van der Waals surface area contributed by atoms with Crippen LogP contribution in [-0.2, 0) is 27.3 Å². The van der Waals surface area contributed by atoms with Crippen LogP contribution in [0.2, 0.25) is 0 Å². The summed E-state index contributed by atoms with van der Waals surface area (Å²) in [7, 11) is 0. The highest BCUT2D eigenvalue weighted by Gasteiger charge is 2.14. The second-order valence-corrected chi connectivity index (χ2v) is 8.53. The first-order valence-corrected chi connectivity index (χ1v) is 11.1. The molecule has 4 aromatic rings. The molecule has 0 saturated carbocycles. The van der Waals surface area contributed by atoms with Crippen molar-refractivity contribution in [3.8, 4) is 17.0 Å². The van der Waals surface area contributed by atoms with Crippen molar-refractivity contribution in [3.05, 3.63) is 75.8 Å². The van der Waals surface area contributed by atoms with Gasteiger partial charge in [-0.15, -0.1) is 11.3 Å². The molecule has 0 fully saturated rings. The molecule has 0 radical (unpaired) electrons. The molecule has 0 bridgehead atoms. The summed E-state index contributed by atoms with van der Waals surface area (Å²) < 4.78 is 8.04. The number of phenolic OH excluding ortho intramolecular Hbond substituents is 1. The Kier molecular flexibility index (Phi) is 6.34. The molecule has 0 spiro atoms. The van der Waals surface area contributed by atoms with Crippen molar-refractivity contribution in [2.75, 3.05) is 6.61 Å². The highest BCUT2D eigenvalue weighted by molar-refractivity contribution is 9.10. The van der Waals surface area contributed by atoms with Crippen molar-refractivity contribution in [1.29, 1.82) is 0 Å². The van der Waals surface area contributed by atoms with E-state index in [0.29, 0.717) is 5.56 Å². The normalized spacial score (nSPS) is 10.9. The van der Waals surface area contributed by atoms with Crippen LogP contribution >= 0.6 is 27.3 Å². The van der Waals surface area contributed by atoms with Crippen LogP contribution in [0, 0.1) is 0 Å². The Morgan fingerprint density at radius 3 is 2.77 bits per heavy atom. The fraction of sp³-hybridized carbons (Fsp3) is 0.136. The summed E-state index contributed by atoms with van der Waals surface area (Å²) in [6.07, 6.45) is 1.71. The number of fused-ring (bicyclic) bond motifs is 1. The summed E-state index contributed by atoms with van der Waals surface area (Å²) in [5.41, 5.74) is 3.48. The largest absolute Gasteiger partial charge is 0.508 e. The molecule has 2 heterocycles. The van der Waals surface area contributed by atoms with E-state index in [2.05, 4.69) is 26.2 Å². The van der Waals surface area contributed by atoms with E-state index in [9.17, 15) is 14.7 Å². The third-order valence-electron chi connectivity index (χ3n) is 4.55. The minimum absolute atomic E-state index is 0.0175. The van der Waals surface area contributed by atoms with Crippen LogP contribution < -0.4 is 5.32 Å². The van der Waals surface area contributed by atoms with Gasteiger partial charge in [0.05, 0.1) is 30.6 Å². The Hall–Kier alpha value is -3.17. The van der Waals surface area contributed by atoms with Crippen molar-refractivity contribution in [3.63, 3.8) is 0 Å². The average molecular weight is 500 g/mol. The second-order valence-electron chi connectivity index (χ2n) is 6.78. The number of nitrogens with one attached hydrogen (secondary N) is 1. The van der Waals surface area contributed by atoms with Crippen LogP contribution in [0.5, 0.6) is 5.75 Å². The number of ether oxygens (including phenoxy) is 1. The molecule has 2 N–H and O–H groups in total. The molecular formula is C22H18BrN3O4S. The molecule has 4 rings (SSSR count). The maximum atomic E-state index is 12.2. The second kappa shape index (κ2) is 9.32. The number of benzene rings is 2. The zero-order chi connectivity index (χ0) is 21.8. The van der Waals surface area contributed by atoms with E-state index in [1.165, 1.54) is 23.5 Å². The SMILES string of the molecule is O=C(COC(=O)Cc1cccc(O)c1)NCc1cnc2scc(-c3ccc(Br)cc3)n12. The number of rotatable bonds is 7. The molecule has 1 amide bonds. The average Bonchev–Trinajstić information content (AvgIpc) is 3.34. The standard InChI is InChI=1S/C22H18BrN3O4S/c23-16-6-4-15(5-7-16)19-13-31-22-25-11-17(26(19)22)10-24-20(28)12-30-21(29)9-14-2-1-3-18(27)8-14/h1-8,11,13,27H,9-10,12H2,(H,24,28). The quantitative estimate of drug-likeness (QED) is 0.375. The lowest BCUT2D eigenvalue weighted by Gasteiger charge is -2.08. The first-order chi connectivity index (χ1) is 15.0. The van der Waals surface area contributed by atoms with Crippen molar-refractivity contribution in [1.82, 2.24) is 14.7 Å². The number of phenols is 1. The van der Waals surface area contributed by atoms with Gasteiger partial charge in [0.1, 0.15) is 5.75 Å². The van der Waals surface area contributed by atoms with Gasteiger partial charge in [-0.05, 0) is 35.4 Å². The molecular weight excluding hydrogens is 482 g/mol. The Morgan fingerprint density at radius 1 is 1.19 bits per heavy atom. The highest BCUT2D eigenvalue weighted by atomic mass is 79.9. The summed E-state index contributed by atoms with van der Waals surface area (Å²) in [6.45, 7) is -0.118. The van der Waals surface area contributed by atoms with E-state index in [4.69, 9.17) is 4.74 Å². The number of hydrogen-bond acceptors (Lipinski definition) is 6. The van der Waals surface area contributed by atoms with Crippen LogP contribution in [0.1, 0.15) is 11.3 Å². The lowest BCUT2D eigenvalue weighted by Crippen LogP contribution is -2.29. The number of thiazole rings is 1. The zero-order valence-electron chi connectivity index (χ0n) is 16.2. The van der Waals surface area contributed by atoms with Crippen molar-refractivity contribution < 1.29 is 19.4 Å².